The number of hydrogen-bond donors (Lipinski definition) is 3. The number of hydrogen-bond acceptors (Lipinski definition) is 4. The number of carboxylic acid groups (broad SMARTS) is 2. The van der Waals surface area contributed by atoms with Gasteiger partial charge in [0.05, 0.1) is 28.0 Å². The Morgan fingerprint density at radius 2 is 1.65 bits per heavy atom. The van der Waals surface area contributed by atoms with Gasteiger partial charge in [0.2, 0.25) is 0 Å². The molecule has 116 valence electrons. The van der Waals surface area contributed by atoms with Gasteiger partial charge in [-0.1, -0.05) is 18.2 Å². The maximum absolute atomic E-state index is 11.4. The van der Waals surface area contributed by atoms with E-state index in [1.54, 1.807) is 24.3 Å². The van der Waals surface area contributed by atoms with Gasteiger partial charge in [0.25, 0.3) is 0 Å². The topological polar surface area (TPSA) is 137 Å². The minimum atomic E-state index is -1.08. The zero-order valence-corrected chi connectivity index (χ0v) is 12.2. The maximum atomic E-state index is 11.4. The summed E-state index contributed by atoms with van der Waals surface area (Å²) in [5, 5.41) is 18.9. The molecule has 0 aliphatic rings. The first-order valence-electron chi connectivity index (χ1n) is 6.39. The average Bonchev–Trinajstić information content (AvgIpc) is 2.53. The van der Waals surface area contributed by atoms with Crippen LogP contribution in [0, 0.1) is 0 Å². The molecule has 3 rings (SSSR count). The molecule has 7 heteroatoms. The van der Waals surface area contributed by atoms with Crippen molar-refractivity contribution in [1.29, 1.82) is 0 Å². The number of carbonyl (C=O) groups is 2. The first-order chi connectivity index (χ1) is 10.6. The molecule has 3 aromatic rings. The largest absolute Gasteiger partial charge is 0.478 e. The van der Waals surface area contributed by atoms with Crippen LogP contribution in [0.4, 0.5) is 0 Å². The van der Waals surface area contributed by atoms with Crippen LogP contribution in [0.25, 0.3) is 22.3 Å². The summed E-state index contributed by atoms with van der Waals surface area (Å²) in [6.45, 7) is 0. The number of para-hydroxylation sites is 1. The molecule has 0 radical (unpaired) electrons. The Morgan fingerprint density at radius 3 is 2.35 bits per heavy atom. The van der Waals surface area contributed by atoms with Gasteiger partial charge in [0.1, 0.15) is 0 Å². The summed E-state index contributed by atoms with van der Waals surface area (Å²) in [6.07, 6.45) is 1.36. The van der Waals surface area contributed by atoms with Gasteiger partial charge in [-0.2, -0.15) is 0 Å². The molecular weight excluding hydrogens is 298 g/mol. The first kappa shape index (κ1) is 16.1. The molecule has 0 bridgehead atoms. The molecule has 0 spiro atoms. The molecule has 0 saturated heterocycles. The van der Waals surface area contributed by atoms with Crippen molar-refractivity contribution in [3.05, 3.63) is 59.8 Å². The fourth-order valence-corrected chi connectivity index (χ4v) is 2.19. The number of rotatable bonds is 3. The molecular formula is C16H14N3O4+. The quantitative estimate of drug-likeness (QED) is 0.679. The molecule has 7 nitrogen and oxygen atoms in total. The highest BCUT2D eigenvalue weighted by molar-refractivity contribution is 6.03. The van der Waals surface area contributed by atoms with Crippen molar-refractivity contribution >= 4 is 22.8 Å². The van der Waals surface area contributed by atoms with Gasteiger partial charge in [0.15, 0.2) is 0 Å². The Balaban J connectivity index is 0.00000192. The fourth-order valence-electron chi connectivity index (χ4n) is 2.19. The molecule has 0 amide bonds. The van der Waals surface area contributed by atoms with Crippen molar-refractivity contribution in [2.45, 2.75) is 0 Å². The van der Waals surface area contributed by atoms with Gasteiger partial charge in [-0.3, -0.25) is 4.98 Å². The van der Waals surface area contributed by atoms with Crippen LogP contribution in [0.5, 0.6) is 0 Å². The van der Waals surface area contributed by atoms with Crippen molar-refractivity contribution in [2.24, 2.45) is 0 Å². The van der Waals surface area contributed by atoms with Crippen molar-refractivity contribution < 1.29 is 19.8 Å². The lowest BCUT2D eigenvalue weighted by atomic mass is 10.1. The van der Waals surface area contributed by atoms with Gasteiger partial charge in [-0.15, -0.1) is 0 Å². The monoisotopic (exact) mass is 312 g/mol. The second kappa shape index (κ2) is 6.20. The van der Waals surface area contributed by atoms with Gasteiger partial charge in [-0.25, -0.2) is 14.6 Å². The van der Waals surface area contributed by atoms with Crippen LogP contribution in [-0.4, -0.2) is 32.1 Å². The second-order valence-corrected chi connectivity index (χ2v) is 4.61. The zero-order valence-electron chi connectivity index (χ0n) is 12.2. The van der Waals surface area contributed by atoms with Crippen LogP contribution < -0.4 is 6.15 Å². The number of fused-ring (bicyclic) bond motifs is 1. The molecule has 0 fully saturated rings. The van der Waals surface area contributed by atoms with E-state index < -0.39 is 11.9 Å². The predicted octanol–water partition coefficient (Wildman–Crippen LogP) is 3.07. The summed E-state index contributed by atoms with van der Waals surface area (Å²) in [5.41, 5.74) is 1.31. The lowest BCUT2D eigenvalue weighted by Gasteiger charge is -2.07. The van der Waals surface area contributed by atoms with E-state index in [1.165, 1.54) is 24.4 Å². The van der Waals surface area contributed by atoms with E-state index in [4.69, 9.17) is 5.11 Å². The van der Waals surface area contributed by atoms with E-state index >= 15 is 0 Å². The lowest BCUT2D eigenvalue weighted by molar-refractivity contribution is 0.0687. The molecule has 0 aliphatic heterocycles. The molecule has 2 aromatic heterocycles. The third kappa shape index (κ3) is 2.99. The molecule has 23 heavy (non-hydrogen) atoms. The van der Waals surface area contributed by atoms with Crippen LogP contribution >= 0.6 is 0 Å². The zero-order chi connectivity index (χ0) is 15.7. The summed E-state index contributed by atoms with van der Waals surface area (Å²) >= 11 is 0. The van der Waals surface area contributed by atoms with Crippen LogP contribution in [0.2, 0.25) is 0 Å². The molecule has 0 unspecified atom stereocenters. The molecule has 0 saturated carbocycles. The minimum absolute atomic E-state index is 0. The van der Waals surface area contributed by atoms with E-state index in [1.807, 2.05) is 0 Å². The highest BCUT2D eigenvalue weighted by Gasteiger charge is 2.14. The van der Waals surface area contributed by atoms with E-state index in [9.17, 15) is 14.7 Å². The Hall–Kier alpha value is -3.32. The summed E-state index contributed by atoms with van der Waals surface area (Å²) < 4.78 is 0. The predicted molar refractivity (Wildman–Crippen MR) is 84.9 cm³/mol. The normalized spacial score (nSPS) is 10.1. The van der Waals surface area contributed by atoms with Crippen LogP contribution in [0.3, 0.4) is 0 Å². The van der Waals surface area contributed by atoms with Crippen molar-refractivity contribution in [2.75, 3.05) is 0 Å². The van der Waals surface area contributed by atoms with Crippen LogP contribution in [0.15, 0.2) is 48.7 Å². The lowest BCUT2D eigenvalue weighted by Crippen LogP contribution is -2.02. The van der Waals surface area contributed by atoms with E-state index in [0.29, 0.717) is 22.3 Å². The van der Waals surface area contributed by atoms with Crippen LogP contribution in [-0.2, 0) is 0 Å². The van der Waals surface area contributed by atoms with E-state index in [-0.39, 0.29) is 17.3 Å². The van der Waals surface area contributed by atoms with E-state index in [0.717, 1.165) is 0 Å². The van der Waals surface area contributed by atoms with Gasteiger partial charge in [-0.05, 0) is 24.3 Å². The van der Waals surface area contributed by atoms with Gasteiger partial charge >= 0.3 is 11.9 Å². The summed E-state index contributed by atoms with van der Waals surface area (Å²) in [7, 11) is 0. The number of pyridine rings is 2. The number of aromatic carboxylic acids is 2. The van der Waals surface area contributed by atoms with Crippen molar-refractivity contribution in [3.63, 3.8) is 0 Å². The molecule has 0 atom stereocenters. The first-order valence-corrected chi connectivity index (χ1v) is 6.39. The number of quaternary nitrogens is 1. The Morgan fingerprint density at radius 1 is 0.913 bits per heavy atom. The number of aromatic nitrogens is 2. The Labute approximate surface area is 130 Å². The SMILES string of the molecule is O=C(O)c1ccnc(-c2cc(C(=O)O)c3ccccc3n2)c1.[NH4+]. The number of benzene rings is 1. The molecule has 2 heterocycles. The van der Waals surface area contributed by atoms with Gasteiger partial charge < -0.3 is 16.4 Å². The standard InChI is InChI=1S/C16H10N2O4.H3N/c19-15(20)9-5-6-17-13(7-9)14-8-11(16(21)22)10-3-1-2-4-12(10)18-14;/h1-8H,(H,19,20)(H,21,22);1H3/p+1. The Bertz CT molecular complexity index is 909. The minimum Gasteiger partial charge on any atom is -0.478 e. The summed E-state index contributed by atoms with van der Waals surface area (Å²) in [5.74, 6) is -2.16. The highest BCUT2D eigenvalue weighted by atomic mass is 16.4. The molecule has 0 aliphatic carbocycles. The van der Waals surface area contributed by atoms with E-state index in [2.05, 4.69) is 9.97 Å². The average molecular weight is 312 g/mol. The summed E-state index contributed by atoms with van der Waals surface area (Å²) in [6, 6.07) is 11.0. The molecule has 1 aromatic carbocycles. The fraction of sp³-hybridized carbons (Fsp3) is 0. The maximum Gasteiger partial charge on any atom is 0.336 e. The third-order valence-electron chi connectivity index (χ3n) is 3.22. The smallest absolute Gasteiger partial charge is 0.336 e. The Kier molecular flexibility index (Phi) is 4.33. The highest BCUT2D eigenvalue weighted by Crippen LogP contribution is 2.24. The number of nitrogens with zero attached hydrogens (tertiary/aromatic N) is 2. The second-order valence-electron chi connectivity index (χ2n) is 4.61. The van der Waals surface area contributed by atoms with Crippen molar-refractivity contribution in [3.8, 4) is 11.4 Å². The molecule has 6 N–H and O–H groups in total. The number of carboxylic acids is 2. The van der Waals surface area contributed by atoms with Crippen molar-refractivity contribution in [1.82, 2.24) is 16.1 Å². The van der Waals surface area contributed by atoms with Gasteiger partial charge in [0, 0.05) is 11.6 Å². The summed E-state index contributed by atoms with van der Waals surface area (Å²) in [4.78, 5) is 30.9. The van der Waals surface area contributed by atoms with Crippen LogP contribution in [0.1, 0.15) is 20.7 Å². The third-order valence-corrected chi connectivity index (χ3v) is 3.22.